The van der Waals surface area contributed by atoms with Gasteiger partial charge in [0.05, 0.1) is 18.2 Å². The standard InChI is InChI=1S/C14H18ClF2NO/c1-14(17,8-11-9-19-6-5-18-11)7-10-3-2-4-12(16)13(10)15/h2-4,11,18H,5-9H2,1H3. The summed E-state index contributed by atoms with van der Waals surface area (Å²) in [5.74, 6) is -0.505. The van der Waals surface area contributed by atoms with Crippen LogP contribution in [0.1, 0.15) is 18.9 Å². The molecule has 0 radical (unpaired) electrons. The van der Waals surface area contributed by atoms with Crippen molar-refractivity contribution in [1.82, 2.24) is 5.32 Å². The Bertz CT molecular complexity index is 433. The summed E-state index contributed by atoms with van der Waals surface area (Å²) >= 11 is 5.86. The molecule has 1 aliphatic heterocycles. The van der Waals surface area contributed by atoms with Crippen LogP contribution in [0.25, 0.3) is 0 Å². The molecule has 5 heteroatoms. The van der Waals surface area contributed by atoms with Crippen LogP contribution in [0, 0.1) is 5.82 Å². The minimum atomic E-state index is -1.45. The highest BCUT2D eigenvalue weighted by molar-refractivity contribution is 6.31. The number of halogens is 3. The van der Waals surface area contributed by atoms with E-state index in [4.69, 9.17) is 16.3 Å². The number of alkyl halides is 1. The quantitative estimate of drug-likeness (QED) is 0.919. The van der Waals surface area contributed by atoms with Gasteiger partial charge in [-0.2, -0.15) is 0 Å². The Morgan fingerprint density at radius 1 is 1.53 bits per heavy atom. The molecular weight excluding hydrogens is 272 g/mol. The molecule has 0 spiro atoms. The maximum atomic E-state index is 14.6. The Labute approximate surface area is 117 Å². The molecule has 0 aliphatic carbocycles. The zero-order valence-electron chi connectivity index (χ0n) is 10.9. The van der Waals surface area contributed by atoms with Gasteiger partial charge in [0.15, 0.2) is 0 Å². The van der Waals surface area contributed by atoms with Gasteiger partial charge in [-0.3, -0.25) is 0 Å². The van der Waals surface area contributed by atoms with Crippen molar-refractivity contribution in [3.05, 3.63) is 34.6 Å². The molecule has 0 bridgehead atoms. The van der Waals surface area contributed by atoms with Crippen molar-refractivity contribution < 1.29 is 13.5 Å². The third-order valence-corrected chi connectivity index (χ3v) is 3.68. The molecule has 2 rings (SSSR count). The molecule has 1 aliphatic rings. The minimum Gasteiger partial charge on any atom is -0.379 e. The molecule has 1 fully saturated rings. The summed E-state index contributed by atoms with van der Waals surface area (Å²) in [5.41, 5.74) is -0.945. The van der Waals surface area contributed by atoms with Crippen molar-refractivity contribution >= 4 is 11.6 Å². The Balaban J connectivity index is 2.01. The van der Waals surface area contributed by atoms with Crippen LogP contribution in [-0.2, 0) is 11.2 Å². The molecule has 0 aromatic heterocycles. The van der Waals surface area contributed by atoms with E-state index in [1.807, 2.05) is 0 Å². The van der Waals surface area contributed by atoms with Gasteiger partial charge in [0, 0.05) is 19.0 Å². The normalized spacial score (nSPS) is 23.1. The van der Waals surface area contributed by atoms with Gasteiger partial charge in [-0.25, -0.2) is 8.78 Å². The number of hydrogen-bond donors (Lipinski definition) is 1. The number of nitrogens with one attached hydrogen (secondary N) is 1. The highest BCUT2D eigenvalue weighted by Crippen LogP contribution is 2.29. The van der Waals surface area contributed by atoms with Gasteiger partial charge >= 0.3 is 0 Å². The summed E-state index contributed by atoms with van der Waals surface area (Å²) in [5, 5.41) is 3.23. The van der Waals surface area contributed by atoms with Gasteiger partial charge in [-0.15, -0.1) is 0 Å². The van der Waals surface area contributed by atoms with E-state index in [9.17, 15) is 8.78 Å². The molecule has 106 valence electrons. The molecule has 0 saturated carbocycles. The number of ether oxygens (including phenoxy) is 1. The van der Waals surface area contributed by atoms with Gasteiger partial charge in [-0.1, -0.05) is 23.7 Å². The molecule has 1 aromatic rings. The lowest BCUT2D eigenvalue weighted by atomic mass is 9.91. The number of hydrogen-bond acceptors (Lipinski definition) is 2. The summed E-state index contributed by atoms with van der Waals surface area (Å²) in [6, 6.07) is 4.48. The van der Waals surface area contributed by atoms with Crippen LogP contribution in [0.3, 0.4) is 0 Å². The fourth-order valence-corrected chi connectivity index (χ4v) is 2.61. The Kier molecular flexibility index (Phi) is 4.76. The predicted molar refractivity (Wildman–Crippen MR) is 71.9 cm³/mol. The van der Waals surface area contributed by atoms with Crippen LogP contribution in [-0.4, -0.2) is 31.5 Å². The lowest BCUT2D eigenvalue weighted by Crippen LogP contribution is -2.45. The molecule has 1 heterocycles. The second-order valence-corrected chi connectivity index (χ2v) is 5.61. The summed E-state index contributed by atoms with van der Waals surface area (Å²) in [6.07, 6.45) is 0.418. The predicted octanol–water partition coefficient (Wildman–Crippen LogP) is 3.13. The Morgan fingerprint density at radius 2 is 2.32 bits per heavy atom. The number of rotatable bonds is 4. The van der Waals surface area contributed by atoms with Gasteiger partial charge in [0.1, 0.15) is 11.5 Å². The van der Waals surface area contributed by atoms with E-state index in [-0.39, 0.29) is 17.5 Å². The van der Waals surface area contributed by atoms with Crippen LogP contribution in [0.2, 0.25) is 5.02 Å². The first kappa shape index (κ1) is 14.7. The first-order valence-electron chi connectivity index (χ1n) is 6.41. The summed E-state index contributed by atoms with van der Waals surface area (Å²) in [6.45, 7) is 3.43. The van der Waals surface area contributed by atoms with Crippen molar-refractivity contribution in [2.24, 2.45) is 0 Å². The summed E-state index contributed by atoms with van der Waals surface area (Å²) in [4.78, 5) is 0. The molecular formula is C14H18ClF2NO. The Morgan fingerprint density at radius 3 is 3.00 bits per heavy atom. The molecule has 19 heavy (non-hydrogen) atoms. The molecule has 1 aromatic carbocycles. The van der Waals surface area contributed by atoms with Crippen molar-refractivity contribution in [2.45, 2.75) is 31.5 Å². The molecule has 1 saturated heterocycles. The van der Waals surface area contributed by atoms with Crippen LogP contribution in [0.4, 0.5) is 8.78 Å². The van der Waals surface area contributed by atoms with E-state index in [1.165, 1.54) is 13.0 Å². The van der Waals surface area contributed by atoms with E-state index < -0.39 is 11.5 Å². The monoisotopic (exact) mass is 289 g/mol. The van der Waals surface area contributed by atoms with Crippen molar-refractivity contribution in [2.75, 3.05) is 19.8 Å². The molecule has 2 atom stereocenters. The second-order valence-electron chi connectivity index (χ2n) is 5.23. The first-order chi connectivity index (χ1) is 8.98. The number of morpholine rings is 1. The van der Waals surface area contributed by atoms with Gasteiger partial charge in [0.25, 0.3) is 0 Å². The van der Waals surface area contributed by atoms with E-state index in [0.717, 1.165) is 6.54 Å². The van der Waals surface area contributed by atoms with Gasteiger partial charge in [0.2, 0.25) is 0 Å². The zero-order valence-corrected chi connectivity index (χ0v) is 11.6. The van der Waals surface area contributed by atoms with E-state index in [2.05, 4.69) is 5.32 Å². The number of benzene rings is 1. The van der Waals surface area contributed by atoms with Gasteiger partial charge < -0.3 is 10.1 Å². The molecule has 2 unspecified atom stereocenters. The topological polar surface area (TPSA) is 21.3 Å². The first-order valence-corrected chi connectivity index (χ1v) is 6.79. The van der Waals surface area contributed by atoms with Crippen molar-refractivity contribution in [3.63, 3.8) is 0 Å². The average molecular weight is 290 g/mol. The van der Waals surface area contributed by atoms with E-state index in [0.29, 0.717) is 25.2 Å². The lowest BCUT2D eigenvalue weighted by Gasteiger charge is -2.30. The van der Waals surface area contributed by atoms with E-state index >= 15 is 0 Å². The maximum absolute atomic E-state index is 14.6. The zero-order chi connectivity index (χ0) is 13.9. The van der Waals surface area contributed by atoms with Crippen LogP contribution in [0.15, 0.2) is 18.2 Å². The largest absolute Gasteiger partial charge is 0.379 e. The van der Waals surface area contributed by atoms with Crippen LogP contribution >= 0.6 is 11.6 Å². The molecule has 2 nitrogen and oxygen atoms in total. The maximum Gasteiger partial charge on any atom is 0.142 e. The minimum absolute atomic E-state index is 0.00363. The Hall–Kier alpha value is -0.710. The SMILES string of the molecule is CC(F)(Cc1cccc(F)c1Cl)CC1COCCN1. The second kappa shape index (κ2) is 6.16. The van der Waals surface area contributed by atoms with Gasteiger partial charge in [-0.05, 0) is 25.0 Å². The summed E-state index contributed by atoms with van der Waals surface area (Å²) < 4.78 is 33.2. The fourth-order valence-electron chi connectivity index (χ4n) is 2.42. The van der Waals surface area contributed by atoms with E-state index in [1.54, 1.807) is 12.1 Å². The third-order valence-electron chi connectivity index (χ3n) is 3.26. The fraction of sp³-hybridized carbons (Fsp3) is 0.571. The molecule has 1 N–H and O–H groups in total. The lowest BCUT2D eigenvalue weighted by molar-refractivity contribution is 0.0483. The van der Waals surface area contributed by atoms with Crippen molar-refractivity contribution in [1.29, 1.82) is 0 Å². The van der Waals surface area contributed by atoms with Crippen molar-refractivity contribution in [3.8, 4) is 0 Å². The third kappa shape index (κ3) is 4.13. The van der Waals surface area contributed by atoms with Crippen LogP contribution in [0.5, 0.6) is 0 Å². The molecule has 0 amide bonds. The highest BCUT2D eigenvalue weighted by atomic mass is 35.5. The summed E-state index contributed by atoms with van der Waals surface area (Å²) in [7, 11) is 0. The smallest absolute Gasteiger partial charge is 0.142 e. The van der Waals surface area contributed by atoms with Crippen LogP contribution < -0.4 is 5.32 Å². The average Bonchev–Trinajstić information content (AvgIpc) is 2.35. The highest BCUT2D eigenvalue weighted by Gasteiger charge is 2.30.